The van der Waals surface area contributed by atoms with Crippen LogP contribution in [0.15, 0.2) is 97.0 Å². The fraction of sp³-hybridized carbons (Fsp3) is 0.390. The number of anilines is 2. The summed E-state index contributed by atoms with van der Waals surface area (Å²) in [5, 5.41) is 10.8. The molecule has 1 aromatic heterocycles. The van der Waals surface area contributed by atoms with E-state index in [1.807, 2.05) is 67.6 Å². The number of urea groups is 1. The maximum Gasteiger partial charge on any atom is 0.324 e. The molecule has 2 bridgehead atoms. The second-order valence-electron chi connectivity index (χ2n) is 15.1. The number of nitrogens with one attached hydrogen (secondary N) is 2. The first kappa shape index (κ1) is 33.4. The Hall–Kier alpha value is -5.05. The van der Waals surface area contributed by atoms with E-state index in [2.05, 4.69) is 60.6 Å². The van der Waals surface area contributed by atoms with Crippen LogP contribution in [0.5, 0.6) is 0 Å². The van der Waals surface area contributed by atoms with Crippen LogP contribution in [-0.4, -0.2) is 45.5 Å². The van der Waals surface area contributed by atoms with Crippen molar-refractivity contribution >= 4 is 23.4 Å². The highest BCUT2D eigenvalue weighted by molar-refractivity contribution is 5.99. The predicted molar refractivity (Wildman–Crippen MR) is 195 cm³/mol. The van der Waals surface area contributed by atoms with Crippen LogP contribution in [0.1, 0.15) is 68.8 Å². The molecule has 2 N–H and O–H groups in total. The van der Waals surface area contributed by atoms with E-state index in [4.69, 9.17) is 14.6 Å². The Morgan fingerprint density at radius 2 is 1.60 bits per heavy atom. The average Bonchev–Trinajstić information content (AvgIpc) is 3.84. The number of carbonyl (C=O) groups excluding carboxylic acids is 2. The molecule has 4 aromatic rings. The van der Waals surface area contributed by atoms with Gasteiger partial charge in [0.2, 0.25) is 12.7 Å². The number of aromatic nitrogens is 2. The highest BCUT2D eigenvalue weighted by Gasteiger charge is 2.46. The Labute approximate surface area is 294 Å². The van der Waals surface area contributed by atoms with Crippen molar-refractivity contribution in [2.45, 2.75) is 83.7 Å². The molecule has 0 aliphatic carbocycles. The van der Waals surface area contributed by atoms with Crippen LogP contribution in [0, 0.1) is 18.8 Å². The predicted octanol–water partition coefficient (Wildman–Crippen LogP) is 8.14. The van der Waals surface area contributed by atoms with Crippen molar-refractivity contribution < 1.29 is 19.1 Å². The number of piperidine rings is 1. The summed E-state index contributed by atoms with van der Waals surface area (Å²) in [7, 11) is 0. The van der Waals surface area contributed by atoms with Gasteiger partial charge in [-0.3, -0.25) is 10.1 Å². The molecule has 4 heterocycles. The number of rotatable bonds is 9. The topological polar surface area (TPSA) is 97.7 Å². The molecule has 3 unspecified atom stereocenters. The second kappa shape index (κ2) is 14.1. The fourth-order valence-electron chi connectivity index (χ4n) is 7.65. The third-order valence-corrected chi connectivity index (χ3v) is 10.2. The molecule has 3 atom stereocenters. The smallest absolute Gasteiger partial charge is 0.324 e. The molecule has 0 saturated carbocycles. The summed E-state index contributed by atoms with van der Waals surface area (Å²) in [5.41, 5.74) is 5.83. The molecule has 3 aliphatic heterocycles. The molecule has 50 heavy (non-hydrogen) atoms. The summed E-state index contributed by atoms with van der Waals surface area (Å²) < 4.78 is 12.9. The first-order valence-electron chi connectivity index (χ1n) is 17.8. The van der Waals surface area contributed by atoms with Gasteiger partial charge in [0.15, 0.2) is 0 Å². The van der Waals surface area contributed by atoms with E-state index in [0.717, 1.165) is 60.3 Å². The molecule has 3 aromatic carbocycles. The van der Waals surface area contributed by atoms with Crippen LogP contribution in [0.2, 0.25) is 0 Å². The molecule has 260 valence electrons. The third-order valence-electron chi connectivity index (χ3n) is 10.2. The van der Waals surface area contributed by atoms with Gasteiger partial charge in [-0.05, 0) is 86.8 Å². The first-order chi connectivity index (χ1) is 24.1. The van der Waals surface area contributed by atoms with Gasteiger partial charge < -0.3 is 19.7 Å². The zero-order valence-corrected chi connectivity index (χ0v) is 29.4. The maximum atomic E-state index is 14.1. The summed E-state index contributed by atoms with van der Waals surface area (Å²) >= 11 is 0. The van der Waals surface area contributed by atoms with E-state index in [1.165, 1.54) is 5.56 Å². The fourth-order valence-corrected chi connectivity index (χ4v) is 7.65. The lowest BCUT2D eigenvalue weighted by molar-refractivity contribution is -0.140. The number of aryl methyl sites for hydroxylation is 1. The van der Waals surface area contributed by atoms with Gasteiger partial charge in [0.1, 0.15) is 23.8 Å². The molecule has 3 amide bonds. The number of fused-ring (bicyclic) bond motifs is 2. The zero-order chi connectivity index (χ0) is 34.8. The molecule has 2 fully saturated rings. The van der Waals surface area contributed by atoms with E-state index in [-0.39, 0.29) is 42.1 Å². The quantitative estimate of drug-likeness (QED) is 0.187. The number of carbonyl (C=O) groups is 2. The highest BCUT2D eigenvalue weighted by atomic mass is 16.7. The lowest BCUT2D eigenvalue weighted by Crippen LogP contribution is -2.49. The minimum absolute atomic E-state index is 0.154. The number of benzene rings is 3. The Kier molecular flexibility index (Phi) is 9.40. The van der Waals surface area contributed by atoms with Crippen LogP contribution in [0.25, 0.3) is 5.69 Å². The van der Waals surface area contributed by atoms with Crippen molar-refractivity contribution in [1.29, 1.82) is 0 Å². The van der Waals surface area contributed by atoms with Crippen LogP contribution in [-0.2, 0) is 32.5 Å². The number of ether oxygens (including phenoxy) is 2. The van der Waals surface area contributed by atoms with E-state index >= 15 is 0 Å². The summed E-state index contributed by atoms with van der Waals surface area (Å²) in [6, 6.07) is 28.5. The summed E-state index contributed by atoms with van der Waals surface area (Å²) in [5.74, 6) is 1.52. The number of nitrogens with zero attached hydrogens (tertiary/aromatic N) is 3. The molecule has 0 radical (unpaired) electrons. The lowest BCUT2D eigenvalue weighted by atomic mass is 9.84. The van der Waals surface area contributed by atoms with E-state index in [9.17, 15) is 9.59 Å². The van der Waals surface area contributed by atoms with Gasteiger partial charge in [0.05, 0.1) is 11.4 Å². The van der Waals surface area contributed by atoms with E-state index in [1.54, 1.807) is 10.9 Å². The molecule has 3 aliphatic rings. The van der Waals surface area contributed by atoms with Crippen molar-refractivity contribution in [3.8, 4) is 5.69 Å². The molecule has 9 nitrogen and oxygen atoms in total. The Balaban J connectivity index is 0.967. The second-order valence-corrected chi connectivity index (χ2v) is 15.1. The minimum atomic E-state index is -0.375. The van der Waals surface area contributed by atoms with Crippen LogP contribution in [0.4, 0.5) is 16.3 Å². The SMILES string of the molecule is Cc1ccc(-n2nc(C(C)(C)C)cc2NC(=O)Nc2ccc(CC3CC4CCC(C3)N4C(=O)C(Cc3ccccc3)C3=COCO3)cc2)cc1. The zero-order valence-electron chi connectivity index (χ0n) is 29.4. The third kappa shape index (κ3) is 7.42. The standard InChI is InChI=1S/C41H47N5O4/c1-27-10-16-32(17-11-27)46-38(24-37(44-46)41(2,3)4)43-40(48)42-31-14-12-29(13-15-31)20-30-21-33-18-19-34(22-30)45(33)39(47)35(36-25-49-26-50-36)23-28-8-6-5-7-9-28/h5-17,24-25,30,33-35H,18-23,26H2,1-4H3,(H2,42,43,48). The van der Waals surface area contributed by atoms with E-state index in [0.29, 0.717) is 23.9 Å². The Morgan fingerprint density at radius 3 is 2.24 bits per heavy atom. The van der Waals surface area contributed by atoms with Crippen LogP contribution in [0.3, 0.4) is 0 Å². The molecular weight excluding hydrogens is 626 g/mol. The van der Waals surface area contributed by atoms with E-state index < -0.39 is 0 Å². The van der Waals surface area contributed by atoms with Gasteiger partial charge >= 0.3 is 6.03 Å². The molecule has 9 heteroatoms. The molecule has 7 rings (SSSR count). The Morgan fingerprint density at radius 1 is 0.900 bits per heavy atom. The van der Waals surface area contributed by atoms with Crippen LogP contribution >= 0.6 is 0 Å². The first-order valence-corrected chi connectivity index (χ1v) is 17.8. The van der Waals surface area contributed by atoms with Gasteiger partial charge in [-0.1, -0.05) is 80.9 Å². The summed E-state index contributed by atoms with van der Waals surface area (Å²) in [4.78, 5) is 29.4. The van der Waals surface area contributed by atoms with Gasteiger partial charge in [-0.25, -0.2) is 9.48 Å². The highest BCUT2D eigenvalue weighted by Crippen LogP contribution is 2.42. The Bertz CT molecular complexity index is 1830. The van der Waals surface area contributed by atoms with Gasteiger partial charge in [-0.15, -0.1) is 0 Å². The van der Waals surface area contributed by atoms with Crippen molar-refractivity contribution in [3.63, 3.8) is 0 Å². The number of amides is 3. The van der Waals surface area contributed by atoms with Crippen molar-refractivity contribution in [1.82, 2.24) is 14.7 Å². The van der Waals surface area contributed by atoms with Gasteiger partial charge in [0, 0.05) is 29.3 Å². The average molecular weight is 674 g/mol. The number of hydrogen-bond donors (Lipinski definition) is 2. The van der Waals surface area contributed by atoms with Crippen LogP contribution < -0.4 is 10.6 Å². The molecule has 2 saturated heterocycles. The number of hydrogen-bond acceptors (Lipinski definition) is 5. The molecule has 0 spiro atoms. The summed E-state index contributed by atoms with van der Waals surface area (Å²) in [6.45, 7) is 8.54. The minimum Gasteiger partial charge on any atom is -0.462 e. The van der Waals surface area contributed by atoms with Gasteiger partial charge in [-0.2, -0.15) is 5.10 Å². The largest absolute Gasteiger partial charge is 0.462 e. The lowest BCUT2D eigenvalue weighted by Gasteiger charge is -2.40. The molecular formula is C41H47N5O4. The maximum absolute atomic E-state index is 14.1. The normalized spacial score (nSPS) is 20.4. The van der Waals surface area contributed by atoms with Crippen molar-refractivity contribution in [3.05, 3.63) is 119 Å². The van der Waals surface area contributed by atoms with Crippen molar-refractivity contribution in [2.24, 2.45) is 11.8 Å². The monoisotopic (exact) mass is 673 g/mol. The summed E-state index contributed by atoms with van der Waals surface area (Å²) in [6.07, 6.45) is 7.22. The van der Waals surface area contributed by atoms with Crippen molar-refractivity contribution in [2.75, 3.05) is 17.4 Å². The van der Waals surface area contributed by atoms with Gasteiger partial charge in [0.25, 0.3) is 0 Å².